The van der Waals surface area contributed by atoms with Gasteiger partial charge in [-0.1, -0.05) is 19.8 Å². The molecular weight excluding hydrogens is 240 g/mol. The number of ether oxygens (including phenoxy) is 1. The number of nitrogens with zero attached hydrogens (tertiary/aromatic N) is 3. The Balaban J connectivity index is 1.72. The number of hydrogen-bond acceptors (Lipinski definition) is 4. The molecule has 1 aromatic rings. The molecule has 19 heavy (non-hydrogen) atoms. The topological polar surface area (TPSA) is 52.0 Å². The SMILES string of the molecule is CCNCc1ncnn1C1CCOC2(CCCC2)C1. The van der Waals surface area contributed by atoms with Gasteiger partial charge in [0.1, 0.15) is 12.2 Å². The van der Waals surface area contributed by atoms with E-state index in [9.17, 15) is 0 Å². The van der Waals surface area contributed by atoms with Gasteiger partial charge in [0.15, 0.2) is 0 Å². The molecule has 2 fully saturated rings. The third kappa shape index (κ3) is 2.67. The molecule has 3 rings (SSSR count). The summed E-state index contributed by atoms with van der Waals surface area (Å²) in [5, 5.41) is 7.79. The average molecular weight is 264 g/mol. The quantitative estimate of drug-likeness (QED) is 0.904. The first-order valence-corrected chi connectivity index (χ1v) is 7.56. The molecule has 106 valence electrons. The fraction of sp³-hybridized carbons (Fsp3) is 0.857. The van der Waals surface area contributed by atoms with Crippen LogP contribution in [0.25, 0.3) is 0 Å². The van der Waals surface area contributed by atoms with Crippen molar-refractivity contribution in [3.63, 3.8) is 0 Å². The summed E-state index contributed by atoms with van der Waals surface area (Å²) in [6.45, 7) is 4.75. The van der Waals surface area contributed by atoms with Gasteiger partial charge in [-0.15, -0.1) is 0 Å². The van der Waals surface area contributed by atoms with Crippen molar-refractivity contribution in [2.75, 3.05) is 13.2 Å². The molecule has 0 aromatic carbocycles. The maximum Gasteiger partial charge on any atom is 0.141 e. The average Bonchev–Trinajstić information content (AvgIpc) is 3.06. The first-order chi connectivity index (χ1) is 9.33. The van der Waals surface area contributed by atoms with Crippen molar-refractivity contribution < 1.29 is 4.74 Å². The zero-order valence-electron chi connectivity index (χ0n) is 11.8. The highest BCUT2D eigenvalue weighted by Crippen LogP contribution is 2.43. The second kappa shape index (κ2) is 5.59. The third-order valence-electron chi connectivity index (χ3n) is 4.51. The Morgan fingerprint density at radius 2 is 2.32 bits per heavy atom. The van der Waals surface area contributed by atoms with Crippen molar-refractivity contribution in [3.8, 4) is 0 Å². The maximum atomic E-state index is 6.10. The Morgan fingerprint density at radius 3 is 3.11 bits per heavy atom. The Hall–Kier alpha value is -0.940. The molecule has 2 heterocycles. The number of aromatic nitrogens is 3. The van der Waals surface area contributed by atoms with Crippen LogP contribution in [0.4, 0.5) is 0 Å². The first-order valence-electron chi connectivity index (χ1n) is 7.56. The summed E-state index contributed by atoms with van der Waals surface area (Å²) in [4.78, 5) is 4.39. The minimum absolute atomic E-state index is 0.143. The fourth-order valence-electron chi connectivity index (χ4n) is 3.52. The number of hydrogen-bond donors (Lipinski definition) is 1. The Bertz CT molecular complexity index is 411. The highest BCUT2D eigenvalue weighted by Gasteiger charge is 2.41. The zero-order valence-corrected chi connectivity index (χ0v) is 11.8. The van der Waals surface area contributed by atoms with Crippen molar-refractivity contribution in [1.82, 2.24) is 20.1 Å². The van der Waals surface area contributed by atoms with E-state index >= 15 is 0 Å². The summed E-state index contributed by atoms with van der Waals surface area (Å²) in [6, 6.07) is 0.461. The molecule has 5 heteroatoms. The molecule has 1 atom stereocenters. The minimum atomic E-state index is 0.143. The van der Waals surface area contributed by atoms with E-state index in [1.165, 1.54) is 25.7 Å². The lowest BCUT2D eigenvalue weighted by atomic mass is 9.89. The molecular formula is C14H24N4O. The Labute approximate surface area is 114 Å². The van der Waals surface area contributed by atoms with E-state index in [4.69, 9.17) is 4.74 Å². The summed E-state index contributed by atoms with van der Waals surface area (Å²) in [6.07, 6.45) is 8.92. The highest BCUT2D eigenvalue weighted by atomic mass is 16.5. The molecule has 1 saturated carbocycles. The van der Waals surface area contributed by atoms with Crippen LogP contribution in [-0.2, 0) is 11.3 Å². The molecule has 1 spiro atoms. The molecule has 0 radical (unpaired) electrons. The van der Waals surface area contributed by atoms with Gasteiger partial charge in [-0.25, -0.2) is 9.67 Å². The molecule has 0 amide bonds. The molecule has 2 aliphatic rings. The predicted molar refractivity (Wildman–Crippen MR) is 72.8 cm³/mol. The van der Waals surface area contributed by atoms with Crippen LogP contribution < -0.4 is 5.32 Å². The lowest BCUT2D eigenvalue weighted by molar-refractivity contribution is -0.0913. The van der Waals surface area contributed by atoms with Crippen LogP contribution in [0.15, 0.2) is 6.33 Å². The van der Waals surface area contributed by atoms with Gasteiger partial charge < -0.3 is 10.1 Å². The van der Waals surface area contributed by atoms with E-state index in [2.05, 4.69) is 27.0 Å². The Kier molecular flexibility index (Phi) is 3.84. The summed E-state index contributed by atoms with van der Waals surface area (Å²) < 4.78 is 8.23. The smallest absolute Gasteiger partial charge is 0.141 e. The second-order valence-electron chi connectivity index (χ2n) is 5.79. The summed E-state index contributed by atoms with van der Waals surface area (Å²) in [5.41, 5.74) is 0.143. The summed E-state index contributed by atoms with van der Waals surface area (Å²) in [5.74, 6) is 1.06. The van der Waals surface area contributed by atoms with Gasteiger partial charge in [-0.05, 0) is 32.2 Å². The van der Waals surface area contributed by atoms with Crippen molar-refractivity contribution in [3.05, 3.63) is 12.2 Å². The van der Waals surface area contributed by atoms with Crippen LogP contribution in [0, 0.1) is 0 Å². The van der Waals surface area contributed by atoms with E-state index in [1.807, 2.05) is 0 Å². The van der Waals surface area contributed by atoms with Crippen LogP contribution in [0.2, 0.25) is 0 Å². The van der Waals surface area contributed by atoms with Gasteiger partial charge >= 0.3 is 0 Å². The van der Waals surface area contributed by atoms with Crippen LogP contribution in [-0.4, -0.2) is 33.5 Å². The van der Waals surface area contributed by atoms with Crippen molar-refractivity contribution in [1.29, 1.82) is 0 Å². The van der Waals surface area contributed by atoms with Gasteiger partial charge in [-0.2, -0.15) is 5.10 Å². The molecule has 0 bridgehead atoms. The minimum Gasteiger partial charge on any atom is -0.375 e. The van der Waals surface area contributed by atoms with E-state index in [-0.39, 0.29) is 5.60 Å². The molecule has 1 aromatic heterocycles. The van der Waals surface area contributed by atoms with Crippen LogP contribution in [0.1, 0.15) is 57.3 Å². The van der Waals surface area contributed by atoms with Crippen LogP contribution in [0.3, 0.4) is 0 Å². The summed E-state index contributed by atoms with van der Waals surface area (Å²) in [7, 11) is 0. The second-order valence-corrected chi connectivity index (χ2v) is 5.79. The monoisotopic (exact) mass is 264 g/mol. The van der Waals surface area contributed by atoms with Gasteiger partial charge in [0, 0.05) is 6.61 Å². The molecule has 5 nitrogen and oxygen atoms in total. The van der Waals surface area contributed by atoms with E-state index < -0.39 is 0 Å². The first kappa shape index (κ1) is 13.1. The molecule has 1 saturated heterocycles. The van der Waals surface area contributed by atoms with Crippen molar-refractivity contribution in [2.45, 2.75) is 63.6 Å². The van der Waals surface area contributed by atoms with Crippen molar-refractivity contribution >= 4 is 0 Å². The van der Waals surface area contributed by atoms with Crippen LogP contribution in [0.5, 0.6) is 0 Å². The fourth-order valence-corrected chi connectivity index (χ4v) is 3.52. The van der Waals surface area contributed by atoms with Gasteiger partial charge in [0.25, 0.3) is 0 Å². The lowest BCUT2D eigenvalue weighted by Gasteiger charge is -2.38. The third-order valence-corrected chi connectivity index (χ3v) is 4.51. The van der Waals surface area contributed by atoms with E-state index in [0.717, 1.165) is 38.4 Å². The highest BCUT2D eigenvalue weighted by molar-refractivity contribution is 4.96. The van der Waals surface area contributed by atoms with Gasteiger partial charge in [0.2, 0.25) is 0 Å². The van der Waals surface area contributed by atoms with Crippen LogP contribution >= 0.6 is 0 Å². The number of nitrogens with one attached hydrogen (secondary N) is 1. The lowest BCUT2D eigenvalue weighted by Crippen LogP contribution is -2.39. The van der Waals surface area contributed by atoms with Gasteiger partial charge in [-0.3, -0.25) is 0 Å². The van der Waals surface area contributed by atoms with Crippen molar-refractivity contribution in [2.24, 2.45) is 0 Å². The molecule has 1 aliphatic carbocycles. The van der Waals surface area contributed by atoms with Gasteiger partial charge in [0.05, 0.1) is 18.2 Å². The Morgan fingerprint density at radius 1 is 1.47 bits per heavy atom. The molecule has 1 unspecified atom stereocenters. The zero-order chi connectivity index (χ0) is 13.1. The molecule has 1 aliphatic heterocycles. The normalized spacial score (nSPS) is 26.1. The van der Waals surface area contributed by atoms with E-state index in [0.29, 0.717) is 6.04 Å². The maximum absolute atomic E-state index is 6.10. The largest absolute Gasteiger partial charge is 0.375 e. The van der Waals surface area contributed by atoms with E-state index in [1.54, 1.807) is 6.33 Å². The summed E-state index contributed by atoms with van der Waals surface area (Å²) >= 11 is 0. The predicted octanol–water partition coefficient (Wildman–Crippen LogP) is 2.05. The standard InChI is InChI=1S/C14H24N4O/c1-2-15-10-13-16-11-17-18(13)12-5-8-19-14(9-12)6-3-4-7-14/h11-12,15H,2-10H2,1H3. The molecule has 1 N–H and O–H groups in total. The number of rotatable bonds is 4.